The van der Waals surface area contributed by atoms with Crippen molar-refractivity contribution >= 4 is 34.9 Å². The van der Waals surface area contributed by atoms with Crippen LogP contribution in [0, 0.1) is 13.8 Å². The van der Waals surface area contributed by atoms with Crippen molar-refractivity contribution in [1.82, 2.24) is 15.2 Å². The highest BCUT2D eigenvalue weighted by Gasteiger charge is 2.41. The van der Waals surface area contributed by atoms with Crippen molar-refractivity contribution in [2.75, 3.05) is 19.0 Å². The van der Waals surface area contributed by atoms with Crippen LogP contribution in [-0.2, 0) is 9.53 Å². The van der Waals surface area contributed by atoms with Gasteiger partial charge >= 0.3 is 5.97 Å². The summed E-state index contributed by atoms with van der Waals surface area (Å²) in [6.45, 7) is 4.33. The number of hydrogen-bond acceptors (Lipinski definition) is 6. The van der Waals surface area contributed by atoms with Crippen LogP contribution in [0.4, 0.5) is 5.69 Å². The number of aromatic nitrogens is 1. The molecule has 1 amide bonds. The monoisotopic (exact) mass is 554 g/mol. The van der Waals surface area contributed by atoms with Crippen LogP contribution < -0.4 is 10.6 Å². The number of methoxy groups -OCH3 is 1. The lowest BCUT2D eigenvalue weighted by Crippen LogP contribution is -2.32. The first-order valence-electron chi connectivity index (χ1n) is 13.0. The molecule has 3 heterocycles. The van der Waals surface area contributed by atoms with Crippen LogP contribution in [0.2, 0.25) is 0 Å². The van der Waals surface area contributed by atoms with Crippen molar-refractivity contribution in [3.05, 3.63) is 107 Å². The van der Waals surface area contributed by atoms with E-state index in [0.29, 0.717) is 34.3 Å². The molecule has 1 aliphatic rings. The Bertz CT molecular complexity index is 1550. The predicted molar refractivity (Wildman–Crippen MR) is 157 cm³/mol. The topological polar surface area (TPSA) is 96.7 Å². The number of carbonyl (C=O) groups is 2. The van der Waals surface area contributed by atoms with E-state index in [4.69, 9.17) is 21.4 Å². The van der Waals surface area contributed by atoms with Crippen molar-refractivity contribution < 1.29 is 18.7 Å². The molecule has 0 spiro atoms. The molecule has 2 aromatic heterocycles. The van der Waals surface area contributed by atoms with Gasteiger partial charge < -0.3 is 24.7 Å². The second-order valence-corrected chi connectivity index (χ2v) is 10.1. The first-order chi connectivity index (χ1) is 19.4. The summed E-state index contributed by atoms with van der Waals surface area (Å²) in [4.78, 5) is 31.9. The van der Waals surface area contributed by atoms with Gasteiger partial charge in [-0.15, -0.1) is 0 Å². The number of benzene rings is 2. The summed E-state index contributed by atoms with van der Waals surface area (Å²) in [6.07, 6.45) is 1.96. The van der Waals surface area contributed by atoms with Crippen molar-refractivity contribution in [2.24, 2.45) is 0 Å². The Morgan fingerprint density at radius 1 is 1.07 bits per heavy atom. The molecule has 1 saturated heterocycles. The van der Waals surface area contributed by atoms with Crippen molar-refractivity contribution in [3.63, 3.8) is 0 Å². The van der Waals surface area contributed by atoms with Gasteiger partial charge in [0.15, 0.2) is 5.11 Å². The van der Waals surface area contributed by atoms with Gasteiger partial charge in [-0.3, -0.25) is 9.78 Å². The minimum atomic E-state index is -0.444. The second-order valence-electron chi connectivity index (χ2n) is 9.68. The van der Waals surface area contributed by atoms with Crippen LogP contribution in [0.1, 0.15) is 51.4 Å². The third-order valence-corrected chi connectivity index (χ3v) is 7.31. The Morgan fingerprint density at radius 2 is 1.88 bits per heavy atom. The number of rotatable bonds is 8. The molecule has 8 nitrogen and oxygen atoms in total. The molecule has 1 aliphatic heterocycles. The van der Waals surface area contributed by atoms with Gasteiger partial charge in [0.1, 0.15) is 17.6 Å². The summed E-state index contributed by atoms with van der Waals surface area (Å²) < 4.78 is 11.3. The largest absolute Gasteiger partial charge is 0.465 e. The number of thiocarbonyl (C=S) groups is 1. The molecule has 9 heteroatoms. The number of anilines is 1. The van der Waals surface area contributed by atoms with Gasteiger partial charge in [0.25, 0.3) is 0 Å². The number of amides is 1. The average molecular weight is 555 g/mol. The number of aryl methyl sites for hydroxylation is 2. The molecule has 0 bridgehead atoms. The van der Waals surface area contributed by atoms with E-state index in [1.807, 2.05) is 79.4 Å². The van der Waals surface area contributed by atoms with Gasteiger partial charge in [0.2, 0.25) is 5.91 Å². The van der Waals surface area contributed by atoms with Crippen LogP contribution in [0.15, 0.2) is 83.4 Å². The third-order valence-electron chi connectivity index (χ3n) is 6.96. The molecule has 0 saturated carbocycles. The number of furan rings is 1. The fourth-order valence-electron chi connectivity index (χ4n) is 4.90. The summed E-state index contributed by atoms with van der Waals surface area (Å²) in [6, 6.07) is 21.9. The molecular formula is C31H30N4O4S. The number of nitrogens with zero attached hydrogens (tertiary/aromatic N) is 2. The van der Waals surface area contributed by atoms with Gasteiger partial charge in [-0.2, -0.15) is 0 Å². The fraction of sp³-hybridized carbons (Fsp3) is 0.226. The molecular weight excluding hydrogens is 524 g/mol. The Morgan fingerprint density at radius 3 is 2.65 bits per heavy atom. The zero-order valence-corrected chi connectivity index (χ0v) is 23.3. The summed E-state index contributed by atoms with van der Waals surface area (Å²) in [7, 11) is 1.35. The highest BCUT2D eigenvalue weighted by atomic mass is 32.1. The molecule has 0 unspecified atom stereocenters. The number of ether oxygens (including phenoxy) is 1. The molecule has 2 atom stereocenters. The summed E-state index contributed by atoms with van der Waals surface area (Å²) in [5.74, 6) is 0.609. The number of hydrogen-bond donors (Lipinski definition) is 2. The van der Waals surface area contributed by atoms with Gasteiger partial charge in [-0.05, 0) is 73.6 Å². The Kier molecular flexibility index (Phi) is 7.93. The Hall–Kier alpha value is -4.50. The van der Waals surface area contributed by atoms with E-state index in [0.717, 1.165) is 22.5 Å². The molecule has 2 aromatic carbocycles. The lowest BCUT2D eigenvalue weighted by Gasteiger charge is -2.26. The number of pyridine rings is 1. The van der Waals surface area contributed by atoms with Crippen LogP contribution >= 0.6 is 12.2 Å². The highest BCUT2D eigenvalue weighted by molar-refractivity contribution is 7.80. The minimum absolute atomic E-state index is 0.108. The summed E-state index contributed by atoms with van der Waals surface area (Å²) in [5, 5.41) is 6.91. The molecule has 40 heavy (non-hydrogen) atoms. The maximum atomic E-state index is 13.0. The molecule has 204 valence electrons. The SMILES string of the molecule is COC(=O)c1ccccc1-c1ccc([C@@H]2[C@@H](c3ccccn3)NC(=S)N2CCC(=O)Nc2cc(C)ccc2C)o1. The van der Waals surface area contributed by atoms with Crippen LogP contribution in [0.5, 0.6) is 0 Å². The van der Waals surface area contributed by atoms with Crippen molar-refractivity contribution in [3.8, 4) is 11.3 Å². The average Bonchev–Trinajstić information content (AvgIpc) is 3.58. The molecule has 0 aliphatic carbocycles. The fourth-order valence-corrected chi connectivity index (χ4v) is 5.23. The predicted octanol–water partition coefficient (Wildman–Crippen LogP) is 5.75. The maximum absolute atomic E-state index is 13.0. The van der Waals surface area contributed by atoms with E-state index in [-0.39, 0.29) is 24.4 Å². The number of esters is 1. The second kappa shape index (κ2) is 11.7. The maximum Gasteiger partial charge on any atom is 0.338 e. The van der Waals surface area contributed by atoms with Gasteiger partial charge in [-0.1, -0.05) is 36.4 Å². The van der Waals surface area contributed by atoms with Crippen molar-refractivity contribution in [1.29, 1.82) is 0 Å². The highest BCUT2D eigenvalue weighted by Crippen LogP contribution is 2.41. The quantitative estimate of drug-likeness (QED) is 0.210. The molecule has 1 fully saturated rings. The normalized spacial score (nSPS) is 16.5. The van der Waals surface area contributed by atoms with Crippen LogP contribution in [-0.4, -0.2) is 40.5 Å². The zero-order valence-electron chi connectivity index (χ0n) is 22.5. The smallest absolute Gasteiger partial charge is 0.338 e. The first-order valence-corrected chi connectivity index (χ1v) is 13.4. The molecule has 4 aromatic rings. The van der Waals surface area contributed by atoms with Crippen LogP contribution in [0.25, 0.3) is 11.3 Å². The van der Waals surface area contributed by atoms with Crippen molar-refractivity contribution in [2.45, 2.75) is 32.4 Å². The van der Waals surface area contributed by atoms with E-state index < -0.39 is 5.97 Å². The standard InChI is InChI=1S/C31H30N4O4S/c1-19-11-12-20(2)24(18-19)33-27(36)15-17-35-29(28(34-31(35)40)23-10-6-7-16-32-23)26-14-13-25(39-26)21-8-4-5-9-22(21)30(37)38-3/h4-14,16,18,28-29H,15,17H2,1-3H3,(H,33,36)(H,34,40)/t28-,29-/m1/s1. The minimum Gasteiger partial charge on any atom is -0.465 e. The lowest BCUT2D eigenvalue weighted by atomic mass is 10.0. The van der Waals surface area contributed by atoms with E-state index in [1.165, 1.54) is 7.11 Å². The van der Waals surface area contributed by atoms with Gasteiger partial charge in [0.05, 0.1) is 24.4 Å². The molecule has 0 radical (unpaired) electrons. The van der Waals surface area contributed by atoms with Gasteiger partial charge in [0, 0.05) is 30.4 Å². The number of nitrogens with one attached hydrogen (secondary N) is 2. The Balaban J connectivity index is 1.43. The van der Waals surface area contributed by atoms with E-state index in [9.17, 15) is 9.59 Å². The molecule has 5 rings (SSSR count). The lowest BCUT2D eigenvalue weighted by molar-refractivity contribution is -0.116. The third kappa shape index (κ3) is 5.60. The summed E-state index contributed by atoms with van der Waals surface area (Å²) >= 11 is 5.74. The zero-order chi connectivity index (χ0) is 28.2. The van der Waals surface area contributed by atoms with Crippen LogP contribution in [0.3, 0.4) is 0 Å². The Labute approximate surface area is 238 Å². The summed E-state index contributed by atoms with van der Waals surface area (Å²) in [5.41, 5.74) is 4.71. The molecule has 2 N–H and O–H groups in total. The van der Waals surface area contributed by atoms with E-state index in [2.05, 4.69) is 15.6 Å². The van der Waals surface area contributed by atoms with E-state index in [1.54, 1.807) is 18.3 Å². The van der Waals surface area contributed by atoms with E-state index >= 15 is 0 Å². The first kappa shape index (κ1) is 27.1. The van der Waals surface area contributed by atoms with Gasteiger partial charge in [-0.25, -0.2) is 4.79 Å². The number of carbonyl (C=O) groups excluding carboxylic acids is 2.